The minimum atomic E-state index is -3.11. The molecule has 1 fully saturated rings. The van der Waals surface area contributed by atoms with Crippen molar-refractivity contribution in [1.29, 1.82) is 0 Å². The summed E-state index contributed by atoms with van der Waals surface area (Å²) in [5.74, 6) is 2.15. The van der Waals surface area contributed by atoms with Gasteiger partial charge in [0.15, 0.2) is 0 Å². The highest BCUT2D eigenvalue weighted by Gasteiger charge is 2.20. The predicted octanol–water partition coefficient (Wildman–Crippen LogP) is 1.14. The Labute approximate surface area is 172 Å². The maximum Gasteiger partial charge on any atom is 0.241 e. The van der Waals surface area contributed by atoms with E-state index in [9.17, 15) is 8.42 Å². The molecule has 29 heavy (non-hydrogen) atoms. The largest absolute Gasteiger partial charge is 0.497 e. The van der Waals surface area contributed by atoms with E-state index in [0.29, 0.717) is 24.7 Å². The quantitative estimate of drug-likeness (QED) is 0.593. The molecule has 9 nitrogen and oxygen atoms in total. The third kappa shape index (κ3) is 5.99. The smallest absolute Gasteiger partial charge is 0.241 e. The van der Waals surface area contributed by atoms with Crippen LogP contribution in [0.1, 0.15) is 12.3 Å². The van der Waals surface area contributed by atoms with Crippen molar-refractivity contribution in [2.24, 2.45) is 0 Å². The highest BCUT2D eigenvalue weighted by molar-refractivity contribution is 7.89. The number of nitrogens with zero attached hydrogens (tertiary/aromatic N) is 5. The molecule has 1 aliphatic rings. The average molecular weight is 424 g/mol. The first-order valence-corrected chi connectivity index (χ1v) is 11.3. The van der Waals surface area contributed by atoms with Gasteiger partial charge in [-0.05, 0) is 37.2 Å². The second-order valence-electron chi connectivity index (χ2n) is 7.31. The van der Waals surface area contributed by atoms with E-state index < -0.39 is 10.0 Å². The molecule has 10 heteroatoms. The molecular formula is C19H29N5O4S. The fourth-order valence-corrected chi connectivity index (χ4v) is 4.05. The summed E-state index contributed by atoms with van der Waals surface area (Å²) in [7, 11) is 1.67. The van der Waals surface area contributed by atoms with Gasteiger partial charge in [0, 0.05) is 45.8 Å². The van der Waals surface area contributed by atoms with Crippen LogP contribution in [0.3, 0.4) is 0 Å². The summed E-state index contributed by atoms with van der Waals surface area (Å²) in [6.07, 6.45) is 0.648. The van der Waals surface area contributed by atoms with E-state index in [1.54, 1.807) is 21.2 Å². The van der Waals surface area contributed by atoms with E-state index >= 15 is 0 Å². The van der Waals surface area contributed by atoms with Gasteiger partial charge in [0.2, 0.25) is 21.7 Å². The van der Waals surface area contributed by atoms with E-state index in [2.05, 4.69) is 19.9 Å². The Balaban J connectivity index is 1.43. The van der Waals surface area contributed by atoms with Gasteiger partial charge in [0.25, 0.3) is 0 Å². The molecule has 2 aromatic rings. The zero-order valence-electron chi connectivity index (χ0n) is 17.2. The number of rotatable bonds is 9. The first-order valence-electron chi connectivity index (χ1n) is 9.69. The van der Waals surface area contributed by atoms with Crippen LogP contribution in [-0.4, -0.2) is 92.3 Å². The highest BCUT2D eigenvalue weighted by atomic mass is 32.2. The number of aromatic nitrogens is 2. The molecule has 0 aliphatic carbocycles. The molecule has 160 valence electrons. The molecular weight excluding hydrogens is 394 g/mol. The Morgan fingerprint density at radius 2 is 1.76 bits per heavy atom. The van der Waals surface area contributed by atoms with Gasteiger partial charge in [-0.1, -0.05) is 5.16 Å². The lowest BCUT2D eigenvalue weighted by Gasteiger charge is -2.33. The molecule has 2 heterocycles. The first-order chi connectivity index (χ1) is 13.9. The summed E-state index contributed by atoms with van der Waals surface area (Å²) in [5, 5.41) is 4.08. The molecule has 3 rings (SSSR count). The van der Waals surface area contributed by atoms with E-state index in [4.69, 9.17) is 9.26 Å². The van der Waals surface area contributed by atoms with Crippen molar-refractivity contribution in [1.82, 2.24) is 24.2 Å². The van der Waals surface area contributed by atoms with Crippen molar-refractivity contribution < 1.29 is 17.7 Å². The van der Waals surface area contributed by atoms with Crippen molar-refractivity contribution in [3.05, 3.63) is 30.2 Å². The number of hydrogen-bond donors (Lipinski definition) is 0. The molecule has 0 amide bonds. The van der Waals surface area contributed by atoms with Crippen LogP contribution < -0.4 is 4.74 Å². The topological polar surface area (TPSA) is 92.0 Å². The number of piperazine rings is 1. The zero-order valence-corrected chi connectivity index (χ0v) is 18.1. The van der Waals surface area contributed by atoms with Crippen LogP contribution in [0.15, 0.2) is 28.8 Å². The number of hydrogen-bond acceptors (Lipinski definition) is 8. The second kappa shape index (κ2) is 9.66. The molecule has 1 saturated heterocycles. The van der Waals surface area contributed by atoms with Gasteiger partial charge in [-0.25, -0.2) is 12.7 Å². The van der Waals surface area contributed by atoms with E-state index in [1.807, 2.05) is 24.3 Å². The summed E-state index contributed by atoms with van der Waals surface area (Å²) in [6.45, 7) is 5.00. The lowest BCUT2D eigenvalue weighted by atomic mass is 10.2. The van der Waals surface area contributed by atoms with Crippen LogP contribution in [0.4, 0.5) is 0 Å². The van der Waals surface area contributed by atoms with E-state index in [-0.39, 0.29) is 5.75 Å². The molecule has 1 aromatic heterocycles. The van der Waals surface area contributed by atoms with Crippen LogP contribution in [0.2, 0.25) is 0 Å². The van der Waals surface area contributed by atoms with Crippen LogP contribution in [-0.2, 0) is 16.6 Å². The SMILES string of the molecule is COc1ccc(-c2noc(CN3CCN(CCCS(=O)(=O)N(C)C)CC3)n2)cc1. The molecule has 0 N–H and O–H groups in total. The summed E-state index contributed by atoms with van der Waals surface area (Å²) in [5.41, 5.74) is 0.887. The maximum atomic E-state index is 11.8. The summed E-state index contributed by atoms with van der Waals surface area (Å²) < 4.78 is 35.5. The van der Waals surface area contributed by atoms with Crippen LogP contribution in [0, 0.1) is 0 Å². The first kappa shape index (κ1) is 21.7. The Kier molecular flexibility index (Phi) is 7.23. The molecule has 0 unspecified atom stereocenters. The van der Waals surface area contributed by atoms with Crippen LogP contribution in [0.25, 0.3) is 11.4 Å². The van der Waals surface area contributed by atoms with Gasteiger partial charge in [0.1, 0.15) is 5.75 Å². The molecule has 0 saturated carbocycles. The van der Waals surface area contributed by atoms with Gasteiger partial charge < -0.3 is 14.2 Å². The fraction of sp³-hybridized carbons (Fsp3) is 0.579. The van der Waals surface area contributed by atoms with Gasteiger partial charge in [-0.15, -0.1) is 0 Å². The van der Waals surface area contributed by atoms with Crippen molar-refractivity contribution >= 4 is 10.0 Å². The fourth-order valence-electron chi connectivity index (χ4n) is 3.19. The average Bonchev–Trinajstić information content (AvgIpc) is 3.17. The second-order valence-corrected chi connectivity index (χ2v) is 9.61. The third-order valence-electron chi connectivity index (χ3n) is 5.07. The van der Waals surface area contributed by atoms with Crippen LogP contribution >= 0.6 is 0 Å². The number of methoxy groups -OCH3 is 1. The molecule has 1 aromatic carbocycles. The monoisotopic (exact) mass is 423 g/mol. The maximum absolute atomic E-state index is 11.8. The Morgan fingerprint density at radius 1 is 1.10 bits per heavy atom. The molecule has 0 bridgehead atoms. The molecule has 0 atom stereocenters. The Morgan fingerprint density at radius 3 is 2.38 bits per heavy atom. The molecule has 1 aliphatic heterocycles. The van der Waals surface area contributed by atoms with Crippen molar-refractivity contribution in [3.8, 4) is 17.1 Å². The van der Waals surface area contributed by atoms with Gasteiger partial charge in [-0.2, -0.15) is 4.98 Å². The van der Waals surface area contributed by atoms with Gasteiger partial charge >= 0.3 is 0 Å². The van der Waals surface area contributed by atoms with Crippen molar-refractivity contribution in [3.63, 3.8) is 0 Å². The van der Waals surface area contributed by atoms with E-state index in [0.717, 1.165) is 44.0 Å². The Bertz CT molecular complexity index is 874. The summed E-state index contributed by atoms with van der Waals surface area (Å²) in [6, 6.07) is 7.55. The minimum absolute atomic E-state index is 0.191. The zero-order chi connectivity index (χ0) is 20.9. The van der Waals surface area contributed by atoms with Gasteiger partial charge in [0.05, 0.1) is 19.4 Å². The standard InChI is InChI=1S/C19H29N5O4S/c1-22(2)29(25,26)14-4-9-23-10-12-24(13-11-23)15-18-20-19(21-28-18)16-5-7-17(27-3)8-6-16/h5-8H,4,9-15H2,1-3H3. The lowest BCUT2D eigenvalue weighted by Crippen LogP contribution is -2.46. The summed E-state index contributed by atoms with van der Waals surface area (Å²) >= 11 is 0. The predicted molar refractivity (Wildman–Crippen MR) is 110 cm³/mol. The van der Waals surface area contributed by atoms with Gasteiger partial charge in [-0.3, -0.25) is 4.90 Å². The summed E-state index contributed by atoms with van der Waals surface area (Å²) in [4.78, 5) is 9.08. The number of ether oxygens (including phenoxy) is 1. The Hall–Kier alpha value is -2.01. The lowest BCUT2D eigenvalue weighted by molar-refractivity contribution is 0.117. The van der Waals surface area contributed by atoms with E-state index in [1.165, 1.54) is 4.31 Å². The molecule has 0 spiro atoms. The third-order valence-corrected chi connectivity index (χ3v) is 6.99. The molecule has 0 radical (unpaired) electrons. The minimum Gasteiger partial charge on any atom is -0.497 e. The normalized spacial score (nSPS) is 16.4. The highest BCUT2D eigenvalue weighted by Crippen LogP contribution is 2.20. The number of sulfonamides is 1. The number of benzene rings is 1. The van der Waals surface area contributed by atoms with Crippen LogP contribution in [0.5, 0.6) is 5.75 Å². The van der Waals surface area contributed by atoms with Crippen molar-refractivity contribution in [2.45, 2.75) is 13.0 Å². The van der Waals surface area contributed by atoms with Crippen molar-refractivity contribution in [2.75, 3.05) is 59.7 Å².